The lowest BCUT2D eigenvalue weighted by atomic mass is 10.1. The van der Waals surface area contributed by atoms with Crippen molar-refractivity contribution in [3.05, 3.63) is 0 Å². The molecule has 5 heteroatoms. The highest BCUT2D eigenvalue weighted by atomic mass is 16.4. The van der Waals surface area contributed by atoms with Crippen molar-refractivity contribution in [2.45, 2.75) is 31.7 Å². The molecule has 2 aliphatic rings. The largest absolute Gasteiger partial charge is 0.481 e. The van der Waals surface area contributed by atoms with Crippen LogP contribution in [0.3, 0.4) is 0 Å². The number of ketones is 1. The molecule has 2 fully saturated rings. The summed E-state index contributed by atoms with van der Waals surface area (Å²) < 4.78 is 0. The summed E-state index contributed by atoms with van der Waals surface area (Å²) in [4.78, 5) is 34.7. The van der Waals surface area contributed by atoms with Crippen LogP contribution in [0.25, 0.3) is 0 Å². The monoisotopic (exact) mass is 211 g/mol. The molecule has 1 atom stereocenters. The normalized spacial score (nSPS) is 23.3. The number of Topliss-reactive ketones (excluding diaryl/α,β-unsaturated/α-hetero) is 1. The number of carboxylic acid groups (broad SMARTS) is 1. The van der Waals surface area contributed by atoms with E-state index in [9.17, 15) is 14.4 Å². The van der Waals surface area contributed by atoms with Gasteiger partial charge in [0.15, 0.2) is 5.78 Å². The van der Waals surface area contributed by atoms with Crippen LogP contribution < -0.4 is 0 Å². The lowest BCUT2D eigenvalue weighted by Crippen LogP contribution is -2.39. The van der Waals surface area contributed by atoms with Gasteiger partial charge in [-0.25, -0.2) is 0 Å². The SMILES string of the molecule is O=C(O)CC(C1CC1)N1CC(=O)CC1=O. The fourth-order valence-electron chi connectivity index (χ4n) is 2.10. The van der Waals surface area contributed by atoms with Gasteiger partial charge in [-0.05, 0) is 18.8 Å². The van der Waals surface area contributed by atoms with Gasteiger partial charge in [-0.15, -0.1) is 0 Å². The molecule has 82 valence electrons. The predicted molar refractivity (Wildman–Crippen MR) is 50.1 cm³/mol. The van der Waals surface area contributed by atoms with Crippen LogP contribution in [-0.4, -0.2) is 40.3 Å². The van der Waals surface area contributed by atoms with Crippen molar-refractivity contribution >= 4 is 17.7 Å². The maximum Gasteiger partial charge on any atom is 0.305 e. The van der Waals surface area contributed by atoms with Crippen molar-refractivity contribution in [3.63, 3.8) is 0 Å². The second-order valence-electron chi connectivity index (χ2n) is 4.24. The number of carbonyl (C=O) groups excluding carboxylic acids is 2. The third kappa shape index (κ3) is 2.16. The second-order valence-corrected chi connectivity index (χ2v) is 4.24. The van der Waals surface area contributed by atoms with E-state index < -0.39 is 5.97 Å². The van der Waals surface area contributed by atoms with Crippen molar-refractivity contribution in [2.24, 2.45) is 5.92 Å². The molecular weight excluding hydrogens is 198 g/mol. The highest BCUT2D eigenvalue weighted by Crippen LogP contribution is 2.38. The lowest BCUT2D eigenvalue weighted by Gasteiger charge is -2.25. The Kier molecular flexibility index (Phi) is 2.46. The Morgan fingerprint density at radius 3 is 2.53 bits per heavy atom. The number of aliphatic carboxylic acids is 1. The van der Waals surface area contributed by atoms with Crippen molar-refractivity contribution < 1.29 is 19.5 Å². The number of rotatable bonds is 4. The topological polar surface area (TPSA) is 74.7 Å². The summed E-state index contributed by atoms with van der Waals surface area (Å²) in [6.45, 7) is 0.104. The molecule has 15 heavy (non-hydrogen) atoms. The highest BCUT2D eigenvalue weighted by Gasteiger charge is 2.42. The molecule has 1 amide bonds. The third-order valence-corrected chi connectivity index (χ3v) is 2.97. The van der Waals surface area contributed by atoms with Gasteiger partial charge in [-0.3, -0.25) is 14.4 Å². The summed E-state index contributed by atoms with van der Waals surface area (Å²) in [6.07, 6.45) is 1.85. The van der Waals surface area contributed by atoms with Crippen molar-refractivity contribution in [2.75, 3.05) is 6.54 Å². The van der Waals surface area contributed by atoms with Crippen LogP contribution in [0.5, 0.6) is 0 Å². The maximum absolute atomic E-state index is 11.5. The van der Waals surface area contributed by atoms with Crippen LogP contribution >= 0.6 is 0 Å². The predicted octanol–water partition coefficient (Wildman–Crippen LogP) is 0.0411. The first-order valence-corrected chi connectivity index (χ1v) is 5.11. The van der Waals surface area contributed by atoms with Gasteiger partial charge in [-0.2, -0.15) is 0 Å². The minimum Gasteiger partial charge on any atom is -0.481 e. The zero-order valence-corrected chi connectivity index (χ0v) is 8.31. The Balaban J connectivity index is 2.07. The van der Waals surface area contributed by atoms with Crippen LogP contribution in [0.1, 0.15) is 25.7 Å². The van der Waals surface area contributed by atoms with E-state index in [0.29, 0.717) is 0 Å². The van der Waals surface area contributed by atoms with Crippen LogP contribution in [0.2, 0.25) is 0 Å². The van der Waals surface area contributed by atoms with E-state index in [-0.39, 0.29) is 43.0 Å². The van der Waals surface area contributed by atoms with Crippen LogP contribution in [0.15, 0.2) is 0 Å². The Bertz CT molecular complexity index is 321. The molecule has 0 radical (unpaired) electrons. The Morgan fingerprint density at radius 2 is 2.13 bits per heavy atom. The summed E-state index contributed by atoms with van der Waals surface area (Å²) in [6, 6.07) is -0.263. The fraction of sp³-hybridized carbons (Fsp3) is 0.700. The summed E-state index contributed by atoms with van der Waals surface area (Å²) in [7, 11) is 0. The summed E-state index contributed by atoms with van der Waals surface area (Å²) in [5.74, 6) is -0.927. The smallest absolute Gasteiger partial charge is 0.305 e. The summed E-state index contributed by atoms with van der Waals surface area (Å²) in [5.41, 5.74) is 0. The quantitative estimate of drug-likeness (QED) is 0.666. The first-order chi connectivity index (χ1) is 7.08. The van der Waals surface area contributed by atoms with Gasteiger partial charge in [0.25, 0.3) is 0 Å². The van der Waals surface area contributed by atoms with E-state index >= 15 is 0 Å². The lowest BCUT2D eigenvalue weighted by molar-refractivity contribution is -0.140. The fourth-order valence-corrected chi connectivity index (χ4v) is 2.10. The molecule has 1 saturated carbocycles. The maximum atomic E-state index is 11.5. The number of carbonyl (C=O) groups is 3. The molecule has 1 N–H and O–H groups in total. The van der Waals surface area contributed by atoms with E-state index in [1.807, 2.05) is 0 Å². The zero-order chi connectivity index (χ0) is 11.0. The molecule has 5 nitrogen and oxygen atoms in total. The third-order valence-electron chi connectivity index (χ3n) is 2.97. The molecule has 1 aliphatic carbocycles. The summed E-state index contributed by atoms with van der Waals surface area (Å²) >= 11 is 0. The molecule has 1 saturated heterocycles. The van der Waals surface area contributed by atoms with E-state index in [2.05, 4.69) is 0 Å². The number of likely N-dealkylation sites (tertiary alicyclic amines) is 1. The number of carboxylic acids is 1. The molecule has 1 heterocycles. The average Bonchev–Trinajstić information content (AvgIpc) is 2.89. The van der Waals surface area contributed by atoms with E-state index in [1.54, 1.807) is 0 Å². The van der Waals surface area contributed by atoms with Crippen molar-refractivity contribution in [1.29, 1.82) is 0 Å². The molecule has 1 aliphatic heterocycles. The molecular formula is C10H13NO4. The van der Waals surface area contributed by atoms with Gasteiger partial charge < -0.3 is 10.0 Å². The Hall–Kier alpha value is -1.39. The van der Waals surface area contributed by atoms with Gasteiger partial charge in [0.2, 0.25) is 5.91 Å². The van der Waals surface area contributed by atoms with E-state index in [4.69, 9.17) is 5.11 Å². The van der Waals surface area contributed by atoms with E-state index in [0.717, 1.165) is 12.8 Å². The summed E-state index contributed by atoms with van der Waals surface area (Å²) in [5, 5.41) is 8.75. The highest BCUT2D eigenvalue weighted by molar-refractivity contribution is 6.05. The van der Waals surface area contributed by atoms with Gasteiger partial charge in [0.1, 0.15) is 0 Å². The average molecular weight is 211 g/mol. The zero-order valence-electron chi connectivity index (χ0n) is 8.31. The first kappa shape index (κ1) is 10.1. The molecule has 1 unspecified atom stereocenters. The Labute approximate surface area is 87.1 Å². The standard InChI is InChI=1S/C10H13NO4/c12-7-3-9(13)11(5-7)8(4-10(14)15)6-1-2-6/h6,8H,1-5H2,(H,14,15). The van der Waals surface area contributed by atoms with Gasteiger partial charge in [-0.1, -0.05) is 0 Å². The Morgan fingerprint density at radius 1 is 1.47 bits per heavy atom. The molecule has 0 spiro atoms. The molecule has 0 aromatic rings. The van der Waals surface area contributed by atoms with Crippen LogP contribution in [0.4, 0.5) is 0 Å². The van der Waals surface area contributed by atoms with Crippen LogP contribution in [-0.2, 0) is 14.4 Å². The number of hydrogen-bond acceptors (Lipinski definition) is 3. The van der Waals surface area contributed by atoms with Gasteiger partial charge in [0.05, 0.1) is 19.4 Å². The van der Waals surface area contributed by atoms with Crippen molar-refractivity contribution in [3.8, 4) is 0 Å². The van der Waals surface area contributed by atoms with Crippen LogP contribution in [0, 0.1) is 5.92 Å². The number of amides is 1. The molecule has 2 rings (SSSR count). The first-order valence-electron chi connectivity index (χ1n) is 5.11. The van der Waals surface area contributed by atoms with E-state index in [1.165, 1.54) is 4.90 Å². The minimum absolute atomic E-state index is 0.0380. The molecule has 0 bridgehead atoms. The van der Waals surface area contributed by atoms with Crippen molar-refractivity contribution in [1.82, 2.24) is 4.90 Å². The van der Waals surface area contributed by atoms with Gasteiger partial charge in [0, 0.05) is 6.04 Å². The second kappa shape index (κ2) is 3.64. The number of hydrogen-bond donors (Lipinski definition) is 1. The molecule has 0 aromatic heterocycles. The van der Waals surface area contributed by atoms with Gasteiger partial charge >= 0.3 is 5.97 Å². The number of nitrogens with zero attached hydrogens (tertiary/aromatic N) is 1. The molecule has 0 aromatic carbocycles. The minimum atomic E-state index is -0.904.